The lowest BCUT2D eigenvalue weighted by molar-refractivity contribution is 0.581. The molecule has 0 fully saturated rings. The Morgan fingerprint density at radius 1 is 1.22 bits per heavy atom. The van der Waals surface area contributed by atoms with E-state index >= 15 is 0 Å². The molecule has 0 atom stereocenters. The van der Waals surface area contributed by atoms with E-state index in [4.69, 9.17) is 11.6 Å². The molecule has 0 saturated carbocycles. The van der Waals surface area contributed by atoms with E-state index in [0.717, 1.165) is 5.56 Å². The highest BCUT2D eigenvalue weighted by molar-refractivity contribution is 6.33. The third-order valence-corrected chi connectivity index (χ3v) is 2.99. The van der Waals surface area contributed by atoms with Crippen LogP contribution in [0.2, 0.25) is 5.02 Å². The van der Waals surface area contributed by atoms with Crippen molar-refractivity contribution in [2.45, 2.75) is 26.2 Å². The van der Waals surface area contributed by atoms with Crippen molar-refractivity contribution in [2.75, 3.05) is 0 Å². The SMILES string of the molecule is CC(C)(C)c1cccnc1-c1cc(F)ncc1Cl. The Morgan fingerprint density at radius 3 is 2.61 bits per heavy atom. The van der Waals surface area contributed by atoms with Crippen LogP contribution in [0.5, 0.6) is 0 Å². The van der Waals surface area contributed by atoms with Crippen molar-refractivity contribution in [3.05, 3.63) is 47.1 Å². The van der Waals surface area contributed by atoms with E-state index in [0.29, 0.717) is 16.3 Å². The second-order valence-electron chi connectivity index (χ2n) is 5.14. The van der Waals surface area contributed by atoms with Gasteiger partial charge in [0.15, 0.2) is 0 Å². The minimum Gasteiger partial charge on any atom is -0.256 e. The van der Waals surface area contributed by atoms with Gasteiger partial charge in [-0.2, -0.15) is 4.39 Å². The molecule has 94 valence electrons. The summed E-state index contributed by atoms with van der Waals surface area (Å²) in [5.41, 5.74) is 2.22. The monoisotopic (exact) mass is 264 g/mol. The van der Waals surface area contributed by atoms with Gasteiger partial charge >= 0.3 is 0 Å². The summed E-state index contributed by atoms with van der Waals surface area (Å²) in [7, 11) is 0. The smallest absolute Gasteiger partial charge is 0.213 e. The Kier molecular flexibility index (Phi) is 3.35. The van der Waals surface area contributed by atoms with Crippen molar-refractivity contribution in [3.63, 3.8) is 0 Å². The van der Waals surface area contributed by atoms with Crippen LogP contribution in [0.25, 0.3) is 11.3 Å². The molecule has 0 radical (unpaired) electrons. The maximum absolute atomic E-state index is 13.3. The Hall–Kier alpha value is -1.48. The van der Waals surface area contributed by atoms with Gasteiger partial charge in [0.1, 0.15) is 0 Å². The van der Waals surface area contributed by atoms with Gasteiger partial charge in [-0.25, -0.2) is 4.98 Å². The molecule has 0 saturated heterocycles. The molecule has 0 amide bonds. The molecule has 0 spiro atoms. The fraction of sp³-hybridized carbons (Fsp3) is 0.286. The van der Waals surface area contributed by atoms with Crippen molar-refractivity contribution in [3.8, 4) is 11.3 Å². The molecular formula is C14H14ClFN2. The highest BCUT2D eigenvalue weighted by atomic mass is 35.5. The number of halogens is 2. The van der Waals surface area contributed by atoms with Gasteiger partial charge in [-0.15, -0.1) is 0 Å². The van der Waals surface area contributed by atoms with Gasteiger partial charge in [-0.1, -0.05) is 38.4 Å². The predicted octanol–water partition coefficient (Wildman–Crippen LogP) is 4.23. The van der Waals surface area contributed by atoms with Crippen LogP contribution in [0, 0.1) is 5.95 Å². The van der Waals surface area contributed by atoms with E-state index in [-0.39, 0.29) is 5.41 Å². The summed E-state index contributed by atoms with van der Waals surface area (Å²) in [4.78, 5) is 7.87. The lowest BCUT2D eigenvalue weighted by Gasteiger charge is -2.22. The number of rotatable bonds is 1. The second kappa shape index (κ2) is 4.65. The summed E-state index contributed by atoms with van der Waals surface area (Å²) < 4.78 is 13.3. The van der Waals surface area contributed by atoms with E-state index in [2.05, 4.69) is 30.7 Å². The molecular weight excluding hydrogens is 251 g/mol. The summed E-state index contributed by atoms with van der Waals surface area (Å²) in [6.07, 6.45) is 2.99. The average Bonchev–Trinajstić information content (AvgIpc) is 2.31. The number of hydrogen-bond acceptors (Lipinski definition) is 2. The normalized spacial score (nSPS) is 11.6. The molecule has 2 rings (SSSR count). The molecule has 0 aliphatic heterocycles. The Bertz CT molecular complexity index is 576. The minimum atomic E-state index is -0.556. The Labute approximate surface area is 111 Å². The van der Waals surface area contributed by atoms with Crippen LogP contribution in [-0.4, -0.2) is 9.97 Å². The van der Waals surface area contributed by atoms with Crippen LogP contribution in [-0.2, 0) is 5.41 Å². The quantitative estimate of drug-likeness (QED) is 0.720. The summed E-state index contributed by atoms with van der Waals surface area (Å²) in [5, 5.41) is 0.403. The van der Waals surface area contributed by atoms with Crippen LogP contribution in [0.1, 0.15) is 26.3 Å². The zero-order valence-corrected chi connectivity index (χ0v) is 11.3. The van der Waals surface area contributed by atoms with E-state index < -0.39 is 5.95 Å². The molecule has 2 aromatic heterocycles. The Morgan fingerprint density at radius 2 is 1.94 bits per heavy atom. The van der Waals surface area contributed by atoms with Gasteiger partial charge in [0, 0.05) is 24.0 Å². The first-order valence-electron chi connectivity index (χ1n) is 5.66. The second-order valence-corrected chi connectivity index (χ2v) is 5.54. The van der Waals surface area contributed by atoms with Gasteiger partial charge < -0.3 is 0 Å². The summed E-state index contributed by atoms with van der Waals surface area (Å²) in [6, 6.07) is 5.17. The van der Waals surface area contributed by atoms with Crippen LogP contribution >= 0.6 is 11.6 Å². The molecule has 18 heavy (non-hydrogen) atoms. The molecule has 4 heteroatoms. The van der Waals surface area contributed by atoms with E-state index in [1.54, 1.807) is 6.20 Å². The van der Waals surface area contributed by atoms with Crippen LogP contribution in [0.3, 0.4) is 0 Å². The zero-order chi connectivity index (χ0) is 13.3. The third-order valence-electron chi connectivity index (χ3n) is 2.69. The van der Waals surface area contributed by atoms with E-state index in [1.165, 1.54) is 12.3 Å². The van der Waals surface area contributed by atoms with Gasteiger partial charge in [-0.05, 0) is 17.0 Å². The third kappa shape index (κ3) is 2.51. The largest absolute Gasteiger partial charge is 0.256 e. The maximum atomic E-state index is 13.3. The fourth-order valence-corrected chi connectivity index (χ4v) is 2.01. The van der Waals surface area contributed by atoms with Crippen molar-refractivity contribution in [1.29, 1.82) is 0 Å². The molecule has 2 aromatic rings. The molecule has 0 bridgehead atoms. The standard InChI is InChI=1S/C14H14ClFN2/c1-14(2,3)10-5-4-6-17-13(10)9-7-12(16)18-8-11(9)15/h4-8H,1-3H3. The topological polar surface area (TPSA) is 25.8 Å². The highest BCUT2D eigenvalue weighted by Gasteiger charge is 2.21. The number of nitrogens with zero attached hydrogens (tertiary/aromatic N) is 2. The van der Waals surface area contributed by atoms with Gasteiger partial charge in [-0.3, -0.25) is 4.98 Å². The first-order chi connectivity index (χ1) is 8.39. The van der Waals surface area contributed by atoms with Crippen molar-refractivity contribution < 1.29 is 4.39 Å². The Balaban J connectivity index is 2.68. The average molecular weight is 265 g/mol. The molecule has 2 nitrogen and oxygen atoms in total. The van der Waals surface area contributed by atoms with Crippen molar-refractivity contribution in [2.24, 2.45) is 0 Å². The molecule has 0 unspecified atom stereocenters. The number of aromatic nitrogens is 2. The zero-order valence-electron chi connectivity index (χ0n) is 10.5. The number of pyridine rings is 2. The first kappa shape index (κ1) is 13.0. The fourth-order valence-electron chi connectivity index (χ4n) is 1.82. The van der Waals surface area contributed by atoms with Crippen LogP contribution in [0.15, 0.2) is 30.6 Å². The molecule has 0 aliphatic carbocycles. The number of hydrogen-bond donors (Lipinski definition) is 0. The maximum Gasteiger partial charge on any atom is 0.213 e. The summed E-state index contributed by atoms with van der Waals surface area (Å²) in [5.74, 6) is -0.556. The van der Waals surface area contributed by atoms with Crippen LogP contribution < -0.4 is 0 Å². The van der Waals surface area contributed by atoms with Gasteiger partial charge in [0.2, 0.25) is 5.95 Å². The summed E-state index contributed by atoms with van der Waals surface area (Å²) >= 11 is 6.08. The van der Waals surface area contributed by atoms with Crippen molar-refractivity contribution >= 4 is 11.6 Å². The lowest BCUT2D eigenvalue weighted by atomic mass is 9.84. The van der Waals surface area contributed by atoms with E-state index in [9.17, 15) is 4.39 Å². The van der Waals surface area contributed by atoms with Crippen LogP contribution in [0.4, 0.5) is 4.39 Å². The summed E-state index contributed by atoms with van der Waals surface area (Å²) in [6.45, 7) is 6.25. The van der Waals surface area contributed by atoms with E-state index in [1.807, 2.05) is 12.1 Å². The predicted molar refractivity (Wildman–Crippen MR) is 71.1 cm³/mol. The highest BCUT2D eigenvalue weighted by Crippen LogP contribution is 2.34. The lowest BCUT2D eigenvalue weighted by Crippen LogP contribution is -2.13. The minimum absolute atomic E-state index is 0.0906. The molecule has 2 heterocycles. The molecule has 0 aromatic carbocycles. The van der Waals surface area contributed by atoms with Gasteiger partial charge in [0.05, 0.1) is 10.7 Å². The van der Waals surface area contributed by atoms with Gasteiger partial charge in [0.25, 0.3) is 0 Å². The molecule has 0 aliphatic rings. The van der Waals surface area contributed by atoms with Crippen molar-refractivity contribution in [1.82, 2.24) is 9.97 Å². The first-order valence-corrected chi connectivity index (χ1v) is 6.04. The molecule has 0 N–H and O–H groups in total.